The number of amides is 1. The molecule has 26 heavy (non-hydrogen) atoms. The number of nitrogens with zero attached hydrogens (tertiary/aromatic N) is 2. The third kappa shape index (κ3) is 4.09. The number of alkyl halides is 3. The fourth-order valence-electron chi connectivity index (χ4n) is 2.93. The molecule has 1 unspecified atom stereocenters. The number of pyridine rings is 1. The summed E-state index contributed by atoms with van der Waals surface area (Å²) in [5, 5.41) is 3.13. The van der Waals surface area contributed by atoms with E-state index in [1.165, 1.54) is 6.07 Å². The number of hydrogen-bond donors (Lipinski definition) is 2. The van der Waals surface area contributed by atoms with E-state index in [9.17, 15) is 18.0 Å². The van der Waals surface area contributed by atoms with Crippen LogP contribution in [0.2, 0.25) is 0 Å². The summed E-state index contributed by atoms with van der Waals surface area (Å²) in [4.78, 5) is 17.5. The van der Waals surface area contributed by atoms with Crippen molar-refractivity contribution in [2.24, 2.45) is 5.73 Å². The molecule has 1 amide bonds. The Morgan fingerprint density at radius 2 is 2.08 bits per heavy atom. The molecule has 1 saturated heterocycles. The van der Waals surface area contributed by atoms with Crippen molar-refractivity contribution in [3.8, 4) is 0 Å². The van der Waals surface area contributed by atoms with E-state index in [1.54, 1.807) is 6.07 Å². The number of carbonyl (C=O) groups excluding carboxylic acids is 1. The van der Waals surface area contributed by atoms with Crippen molar-refractivity contribution in [1.29, 1.82) is 0 Å². The lowest BCUT2D eigenvalue weighted by molar-refractivity contribution is -0.137. The number of nitrogens with two attached hydrogens (primary N) is 1. The zero-order chi connectivity index (χ0) is 18.9. The first kappa shape index (κ1) is 18.5. The summed E-state index contributed by atoms with van der Waals surface area (Å²) >= 11 is 3.32. The summed E-state index contributed by atoms with van der Waals surface area (Å²) in [6, 6.07) is 7.66. The van der Waals surface area contributed by atoms with Gasteiger partial charge in [0.2, 0.25) is 0 Å². The molecular weight excluding hydrogens is 413 g/mol. The van der Waals surface area contributed by atoms with Gasteiger partial charge >= 0.3 is 6.18 Å². The Hall–Kier alpha value is -2.29. The molecule has 1 fully saturated rings. The van der Waals surface area contributed by atoms with E-state index in [2.05, 4.69) is 26.2 Å². The summed E-state index contributed by atoms with van der Waals surface area (Å²) in [5.74, 6) is -0.127. The second kappa shape index (κ2) is 7.14. The standard InChI is InChI=1S/C17H16BrF3N4O/c18-11-2-3-14(13(7-11)16(22)26)25-6-5-12(9-25)24-15-4-1-10(8-23-15)17(19,20)21/h1-4,7-8,12H,5-6,9H2,(H2,22,26)(H,23,24). The average Bonchev–Trinajstić information content (AvgIpc) is 3.02. The molecular formula is C17H16BrF3N4O. The molecule has 9 heteroatoms. The molecule has 3 rings (SSSR count). The maximum Gasteiger partial charge on any atom is 0.417 e. The minimum atomic E-state index is -4.40. The molecule has 1 aromatic heterocycles. The lowest BCUT2D eigenvalue weighted by Crippen LogP contribution is -2.28. The first-order valence-corrected chi connectivity index (χ1v) is 8.67. The van der Waals surface area contributed by atoms with Gasteiger partial charge < -0.3 is 16.0 Å². The second-order valence-corrected chi connectivity index (χ2v) is 6.95. The first-order chi connectivity index (χ1) is 12.2. The van der Waals surface area contributed by atoms with Gasteiger partial charge in [0.05, 0.1) is 11.1 Å². The number of carbonyl (C=O) groups is 1. The van der Waals surface area contributed by atoms with Crippen LogP contribution in [-0.2, 0) is 6.18 Å². The van der Waals surface area contributed by atoms with Gasteiger partial charge in [0, 0.05) is 35.5 Å². The van der Waals surface area contributed by atoms with Crippen LogP contribution in [0.5, 0.6) is 0 Å². The van der Waals surface area contributed by atoms with Gasteiger partial charge in [-0.3, -0.25) is 4.79 Å². The van der Waals surface area contributed by atoms with Gasteiger partial charge in [0.25, 0.3) is 5.91 Å². The quantitative estimate of drug-likeness (QED) is 0.779. The van der Waals surface area contributed by atoms with Crippen molar-refractivity contribution in [2.75, 3.05) is 23.3 Å². The van der Waals surface area contributed by atoms with Crippen LogP contribution in [-0.4, -0.2) is 30.0 Å². The molecule has 0 radical (unpaired) electrons. The van der Waals surface area contributed by atoms with Gasteiger partial charge in [-0.05, 0) is 36.8 Å². The molecule has 0 aliphatic carbocycles. The van der Waals surface area contributed by atoms with E-state index in [4.69, 9.17) is 5.73 Å². The van der Waals surface area contributed by atoms with Crippen LogP contribution in [0, 0.1) is 0 Å². The third-order valence-corrected chi connectivity index (χ3v) is 4.69. The molecule has 5 nitrogen and oxygen atoms in total. The van der Waals surface area contributed by atoms with E-state index in [0.717, 1.165) is 28.8 Å². The van der Waals surface area contributed by atoms with Crippen molar-refractivity contribution in [1.82, 2.24) is 4.98 Å². The van der Waals surface area contributed by atoms with Crippen molar-refractivity contribution in [3.05, 3.63) is 52.1 Å². The van der Waals surface area contributed by atoms with Gasteiger partial charge in [-0.25, -0.2) is 4.98 Å². The zero-order valence-corrected chi connectivity index (χ0v) is 15.1. The predicted molar refractivity (Wildman–Crippen MR) is 96.1 cm³/mol. The van der Waals surface area contributed by atoms with Crippen LogP contribution in [0.25, 0.3) is 0 Å². The van der Waals surface area contributed by atoms with Crippen LogP contribution in [0.1, 0.15) is 22.3 Å². The Morgan fingerprint density at radius 3 is 2.69 bits per heavy atom. The van der Waals surface area contributed by atoms with E-state index >= 15 is 0 Å². The van der Waals surface area contributed by atoms with Gasteiger partial charge in [-0.2, -0.15) is 13.2 Å². The number of rotatable bonds is 4. The highest BCUT2D eigenvalue weighted by Crippen LogP contribution is 2.30. The van der Waals surface area contributed by atoms with E-state index in [0.29, 0.717) is 24.5 Å². The minimum Gasteiger partial charge on any atom is -0.369 e. The maximum absolute atomic E-state index is 12.6. The smallest absolute Gasteiger partial charge is 0.369 e. The molecule has 0 saturated carbocycles. The van der Waals surface area contributed by atoms with Crippen molar-refractivity contribution in [2.45, 2.75) is 18.6 Å². The van der Waals surface area contributed by atoms with Gasteiger partial charge in [-0.1, -0.05) is 15.9 Å². The molecule has 2 heterocycles. The van der Waals surface area contributed by atoms with Crippen LogP contribution >= 0.6 is 15.9 Å². The zero-order valence-electron chi connectivity index (χ0n) is 13.6. The number of nitrogens with one attached hydrogen (secondary N) is 1. The van der Waals surface area contributed by atoms with Crippen LogP contribution in [0.3, 0.4) is 0 Å². The molecule has 1 aromatic carbocycles. The Labute approximate surface area is 156 Å². The Kier molecular flexibility index (Phi) is 5.08. The number of primary amides is 1. The second-order valence-electron chi connectivity index (χ2n) is 6.03. The van der Waals surface area contributed by atoms with E-state index in [-0.39, 0.29) is 6.04 Å². The maximum atomic E-state index is 12.6. The highest BCUT2D eigenvalue weighted by molar-refractivity contribution is 9.10. The van der Waals surface area contributed by atoms with Crippen LogP contribution in [0.4, 0.5) is 24.7 Å². The fourth-order valence-corrected chi connectivity index (χ4v) is 3.30. The summed E-state index contributed by atoms with van der Waals surface area (Å²) in [5.41, 5.74) is 5.84. The van der Waals surface area contributed by atoms with Crippen LogP contribution < -0.4 is 16.0 Å². The first-order valence-electron chi connectivity index (χ1n) is 7.88. The average molecular weight is 429 g/mol. The predicted octanol–water partition coefficient (Wildman–Crippen LogP) is 3.65. The summed E-state index contributed by atoms with van der Waals surface area (Å²) in [6.45, 7) is 1.28. The highest BCUT2D eigenvalue weighted by atomic mass is 79.9. The topological polar surface area (TPSA) is 71.2 Å². The van der Waals surface area contributed by atoms with E-state index in [1.807, 2.05) is 17.0 Å². The molecule has 2 aromatic rings. The summed E-state index contributed by atoms with van der Waals surface area (Å²) in [6.07, 6.45) is -2.83. The largest absolute Gasteiger partial charge is 0.417 e. The normalized spacial score (nSPS) is 17.4. The van der Waals surface area contributed by atoms with Crippen molar-refractivity contribution < 1.29 is 18.0 Å². The summed E-state index contributed by atoms with van der Waals surface area (Å²) < 4.78 is 38.5. The number of benzene rings is 1. The Bertz CT molecular complexity index is 811. The van der Waals surface area contributed by atoms with Crippen LogP contribution in [0.15, 0.2) is 41.0 Å². The van der Waals surface area contributed by atoms with Crippen molar-refractivity contribution >= 4 is 33.3 Å². The van der Waals surface area contributed by atoms with E-state index < -0.39 is 17.6 Å². The number of hydrogen-bond acceptors (Lipinski definition) is 4. The third-order valence-electron chi connectivity index (χ3n) is 4.20. The molecule has 0 spiro atoms. The Balaban J connectivity index is 1.69. The fraction of sp³-hybridized carbons (Fsp3) is 0.294. The monoisotopic (exact) mass is 428 g/mol. The number of halogens is 4. The molecule has 3 N–H and O–H groups in total. The lowest BCUT2D eigenvalue weighted by Gasteiger charge is -2.21. The van der Waals surface area contributed by atoms with Gasteiger partial charge in [0.15, 0.2) is 0 Å². The molecule has 1 atom stereocenters. The van der Waals surface area contributed by atoms with Gasteiger partial charge in [0.1, 0.15) is 5.82 Å². The lowest BCUT2D eigenvalue weighted by atomic mass is 10.1. The van der Waals surface area contributed by atoms with Crippen molar-refractivity contribution in [3.63, 3.8) is 0 Å². The molecule has 138 valence electrons. The van der Waals surface area contributed by atoms with Gasteiger partial charge in [-0.15, -0.1) is 0 Å². The number of aromatic nitrogens is 1. The summed E-state index contributed by atoms with van der Waals surface area (Å²) in [7, 11) is 0. The highest BCUT2D eigenvalue weighted by Gasteiger charge is 2.31. The SMILES string of the molecule is NC(=O)c1cc(Br)ccc1N1CCC(Nc2ccc(C(F)(F)F)cn2)C1. The Morgan fingerprint density at radius 1 is 1.31 bits per heavy atom. The molecule has 1 aliphatic heterocycles. The molecule has 0 bridgehead atoms. The number of anilines is 2. The minimum absolute atomic E-state index is 0.00334. The molecule has 1 aliphatic rings.